The van der Waals surface area contributed by atoms with Gasteiger partial charge in [0.05, 0.1) is 6.26 Å². The number of hydrogen-bond donors (Lipinski definition) is 1. The average Bonchev–Trinajstić information content (AvgIpc) is 2.14. The molecule has 14 heavy (non-hydrogen) atoms. The lowest BCUT2D eigenvalue weighted by atomic mass is 10.0. The second-order valence-corrected chi connectivity index (χ2v) is 5.27. The first-order chi connectivity index (χ1) is 6.49. The predicted octanol–water partition coefficient (Wildman–Crippen LogP) is 1.34. The van der Waals surface area contributed by atoms with Crippen molar-refractivity contribution in [2.24, 2.45) is 0 Å². The van der Waals surface area contributed by atoms with Crippen LogP contribution in [-0.4, -0.2) is 21.2 Å². The molecule has 0 aliphatic heterocycles. The summed E-state index contributed by atoms with van der Waals surface area (Å²) in [7, 11) is -3.08. The third kappa shape index (κ3) is 3.89. The molecule has 78 valence electrons. The van der Waals surface area contributed by atoms with Gasteiger partial charge in [-0.3, -0.25) is 0 Å². The summed E-state index contributed by atoms with van der Waals surface area (Å²) in [5.41, 5.74) is 1.14. The summed E-state index contributed by atoms with van der Waals surface area (Å²) in [6.07, 6.45) is 1.17. The van der Waals surface area contributed by atoms with E-state index in [0.717, 1.165) is 5.56 Å². The van der Waals surface area contributed by atoms with Crippen LogP contribution in [0.3, 0.4) is 0 Å². The third-order valence-electron chi connectivity index (χ3n) is 2.02. The molecule has 0 heterocycles. The van der Waals surface area contributed by atoms with E-state index in [0.29, 0.717) is 6.54 Å². The van der Waals surface area contributed by atoms with Crippen molar-refractivity contribution in [2.45, 2.75) is 12.8 Å². The maximum absolute atomic E-state index is 10.9. The summed E-state index contributed by atoms with van der Waals surface area (Å²) in [6.45, 7) is 2.44. The Morgan fingerprint density at radius 3 is 2.36 bits per heavy atom. The maximum Gasteiger partial charge on any atom is 0.208 e. The highest BCUT2D eigenvalue weighted by Crippen LogP contribution is 2.12. The van der Waals surface area contributed by atoms with Crippen molar-refractivity contribution in [3.05, 3.63) is 35.9 Å². The summed E-state index contributed by atoms with van der Waals surface area (Å²) >= 11 is 0. The highest BCUT2D eigenvalue weighted by Gasteiger charge is 2.07. The molecule has 3 nitrogen and oxygen atoms in total. The van der Waals surface area contributed by atoms with E-state index in [9.17, 15) is 8.42 Å². The Kier molecular flexibility index (Phi) is 3.66. The molecule has 0 radical (unpaired) electrons. The third-order valence-corrected chi connectivity index (χ3v) is 2.71. The zero-order chi connectivity index (χ0) is 10.6. The SMILES string of the molecule is C[C@@H](CNS(C)(=O)=O)c1ccccc1. The van der Waals surface area contributed by atoms with E-state index in [2.05, 4.69) is 4.72 Å². The Morgan fingerprint density at radius 1 is 1.29 bits per heavy atom. The van der Waals surface area contributed by atoms with Crippen molar-refractivity contribution < 1.29 is 8.42 Å². The molecule has 4 heteroatoms. The van der Waals surface area contributed by atoms with E-state index in [-0.39, 0.29) is 5.92 Å². The van der Waals surface area contributed by atoms with E-state index < -0.39 is 10.0 Å². The number of benzene rings is 1. The lowest BCUT2D eigenvalue weighted by Gasteiger charge is -2.11. The average molecular weight is 213 g/mol. The van der Waals surface area contributed by atoms with Crippen molar-refractivity contribution in [2.75, 3.05) is 12.8 Å². The quantitative estimate of drug-likeness (QED) is 0.820. The Bertz CT molecular complexity index is 372. The molecule has 1 rings (SSSR count). The van der Waals surface area contributed by atoms with Crippen LogP contribution in [0.15, 0.2) is 30.3 Å². The van der Waals surface area contributed by atoms with Gasteiger partial charge in [0, 0.05) is 6.54 Å². The molecule has 0 bridgehead atoms. The molecule has 1 atom stereocenters. The van der Waals surface area contributed by atoms with E-state index >= 15 is 0 Å². The maximum atomic E-state index is 10.9. The van der Waals surface area contributed by atoms with Gasteiger partial charge in [-0.05, 0) is 11.5 Å². The number of nitrogens with one attached hydrogen (secondary N) is 1. The Labute approximate surface area is 85.2 Å². The van der Waals surface area contributed by atoms with Gasteiger partial charge in [0.1, 0.15) is 0 Å². The lowest BCUT2D eigenvalue weighted by molar-refractivity contribution is 0.581. The van der Waals surface area contributed by atoms with Crippen LogP contribution in [0.2, 0.25) is 0 Å². The Morgan fingerprint density at radius 2 is 1.86 bits per heavy atom. The van der Waals surface area contributed by atoms with Gasteiger partial charge in [-0.15, -0.1) is 0 Å². The number of rotatable bonds is 4. The van der Waals surface area contributed by atoms with Crippen LogP contribution in [0.5, 0.6) is 0 Å². The molecule has 0 spiro atoms. The highest BCUT2D eigenvalue weighted by molar-refractivity contribution is 7.88. The van der Waals surface area contributed by atoms with Gasteiger partial charge >= 0.3 is 0 Å². The van der Waals surface area contributed by atoms with Gasteiger partial charge in [-0.25, -0.2) is 13.1 Å². The lowest BCUT2D eigenvalue weighted by Crippen LogP contribution is -2.26. The molecule has 1 aromatic carbocycles. The van der Waals surface area contributed by atoms with Crippen molar-refractivity contribution in [1.29, 1.82) is 0 Å². The minimum atomic E-state index is -3.08. The van der Waals surface area contributed by atoms with Crippen LogP contribution in [0.1, 0.15) is 18.4 Å². The molecular weight excluding hydrogens is 198 g/mol. The molecule has 0 saturated heterocycles. The molecule has 0 aliphatic rings. The molecule has 0 aliphatic carbocycles. The van der Waals surface area contributed by atoms with Crippen molar-refractivity contribution in [3.63, 3.8) is 0 Å². The fraction of sp³-hybridized carbons (Fsp3) is 0.400. The topological polar surface area (TPSA) is 46.2 Å². The van der Waals surface area contributed by atoms with Crippen LogP contribution in [0.4, 0.5) is 0 Å². The van der Waals surface area contributed by atoms with Crippen LogP contribution in [-0.2, 0) is 10.0 Å². The minimum absolute atomic E-state index is 0.200. The van der Waals surface area contributed by atoms with Gasteiger partial charge in [-0.2, -0.15) is 0 Å². The standard InChI is InChI=1S/C10H15NO2S/c1-9(8-11-14(2,12)13)10-6-4-3-5-7-10/h3-7,9,11H,8H2,1-2H3/t9-/m0/s1. The predicted molar refractivity (Wildman–Crippen MR) is 57.7 cm³/mol. The van der Waals surface area contributed by atoms with Crippen LogP contribution < -0.4 is 4.72 Å². The summed E-state index contributed by atoms with van der Waals surface area (Å²) in [4.78, 5) is 0. The molecular formula is C10H15NO2S. The van der Waals surface area contributed by atoms with E-state index in [1.54, 1.807) is 0 Å². The molecule has 1 aromatic rings. The van der Waals surface area contributed by atoms with Crippen molar-refractivity contribution in [1.82, 2.24) is 4.72 Å². The van der Waals surface area contributed by atoms with Crippen LogP contribution >= 0.6 is 0 Å². The fourth-order valence-electron chi connectivity index (χ4n) is 1.18. The molecule has 0 fully saturated rings. The zero-order valence-corrected chi connectivity index (χ0v) is 9.21. The molecule has 0 amide bonds. The molecule has 0 aromatic heterocycles. The van der Waals surface area contributed by atoms with E-state index in [1.807, 2.05) is 37.3 Å². The second kappa shape index (κ2) is 4.57. The van der Waals surface area contributed by atoms with Crippen LogP contribution in [0, 0.1) is 0 Å². The first-order valence-corrected chi connectivity index (χ1v) is 6.38. The summed E-state index contributed by atoms with van der Waals surface area (Å²) in [5.74, 6) is 0.200. The molecule has 0 saturated carbocycles. The number of sulfonamides is 1. The summed E-state index contributed by atoms with van der Waals surface area (Å²) in [6, 6.07) is 9.84. The van der Waals surface area contributed by atoms with Gasteiger partial charge in [0.25, 0.3) is 0 Å². The summed E-state index contributed by atoms with van der Waals surface area (Å²) < 4.78 is 24.2. The van der Waals surface area contributed by atoms with Crippen LogP contribution in [0.25, 0.3) is 0 Å². The fourth-order valence-corrected chi connectivity index (χ4v) is 1.73. The van der Waals surface area contributed by atoms with Gasteiger partial charge in [0.2, 0.25) is 10.0 Å². The monoisotopic (exact) mass is 213 g/mol. The largest absolute Gasteiger partial charge is 0.215 e. The van der Waals surface area contributed by atoms with Crippen molar-refractivity contribution in [3.8, 4) is 0 Å². The molecule has 1 N–H and O–H groups in total. The normalized spacial score (nSPS) is 13.9. The Balaban J connectivity index is 2.56. The van der Waals surface area contributed by atoms with Gasteiger partial charge in [0.15, 0.2) is 0 Å². The smallest absolute Gasteiger partial charge is 0.208 e. The highest BCUT2D eigenvalue weighted by atomic mass is 32.2. The minimum Gasteiger partial charge on any atom is -0.215 e. The van der Waals surface area contributed by atoms with E-state index in [4.69, 9.17) is 0 Å². The second-order valence-electron chi connectivity index (χ2n) is 3.43. The first-order valence-electron chi connectivity index (χ1n) is 4.48. The first kappa shape index (κ1) is 11.2. The summed E-state index contributed by atoms with van der Waals surface area (Å²) in [5, 5.41) is 0. The molecule has 0 unspecified atom stereocenters. The van der Waals surface area contributed by atoms with Crippen molar-refractivity contribution >= 4 is 10.0 Å². The van der Waals surface area contributed by atoms with Gasteiger partial charge < -0.3 is 0 Å². The number of hydrogen-bond acceptors (Lipinski definition) is 2. The Hall–Kier alpha value is -0.870. The zero-order valence-electron chi connectivity index (χ0n) is 8.40. The van der Waals surface area contributed by atoms with Gasteiger partial charge in [-0.1, -0.05) is 37.3 Å². The van der Waals surface area contributed by atoms with E-state index in [1.165, 1.54) is 6.26 Å².